The monoisotopic (exact) mass is 142 g/mol. The first-order chi connectivity index (χ1) is 4.36. The molecule has 52 valence electrons. The van der Waals surface area contributed by atoms with E-state index in [1.165, 1.54) is 25.7 Å². The normalized spacial score (nSPS) is 49.7. The average molecular weight is 142 g/mol. The van der Waals surface area contributed by atoms with E-state index in [0.29, 0.717) is 0 Å². The first kappa shape index (κ1) is 6.09. The Labute approximate surface area is 61.4 Å². The third-order valence-corrected chi connectivity index (χ3v) is 4.46. The molecule has 0 spiro atoms. The molecule has 1 heteroatoms. The van der Waals surface area contributed by atoms with Gasteiger partial charge in [0, 0.05) is 10.5 Å². The molecule has 0 aromatic carbocycles. The minimum atomic E-state index is 0.984. The van der Waals surface area contributed by atoms with Crippen LogP contribution >= 0.6 is 11.8 Å². The first-order valence-electron chi connectivity index (χ1n) is 4.02. The van der Waals surface area contributed by atoms with E-state index in [-0.39, 0.29) is 0 Å². The lowest BCUT2D eigenvalue weighted by Crippen LogP contribution is -2.31. The lowest BCUT2D eigenvalue weighted by molar-refractivity contribution is 0.340. The van der Waals surface area contributed by atoms with E-state index in [9.17, 15) is 0 Å². The second kappa shape index (κ2) is 2.19. The van der Waals surface area contributed by atoms with Gasteiger partial charge in [0.1, 0.15) is 0 Å². The fraction of sp³-hybridized carbons (Fsp3) is 1.00. The molecule has 0 aromatic heterocycles. The van der Waals surface area contributed by atoms with Crippen molar-refractivity contribution in [3.63, 3.8) is 0 Å². The SMILES string of the molecule is CC1SC2CCC1CC2. The van der Waals surface area contributed by atoms with Gasteiger partial charge in [-0.2, -0.15) is 11.8 Å². The zero-order valence-corrected chi connectivity index (χ0v) is 6.79. The third kappa shape index (κ3) is 1.000. The minimum Gasteiger partial charge on any atom is -0.155 e. The molecule has 2 bridgehead atoms. The van der Waals surface area contributed by atoms with Crippen LogP contribution in [0.4, 0.5) is 0 Å². The van der Waals surface area contributed by atoms with Crippen molar-refractivity contribution in [3.8, 4) is 0 Å². The van der Waals surface area contributed by atoms with Crippen LogP contribution in [0.15, 0.2) is 0 Å². The van der Waals surface area contributed by atoms with Gasteiger partial charge in [0.05, 0.1) is 0 Å². The Balaban J connectivity index is 2.06. The quantitative estimate of drug-likeness (QED) is 0.501. The van der Waals surface area contributed by atoms with Gasteiger partial charge in [0.15, 0.2) is 0 Å². The van der Waals surface area contributed by atoms with Crippen molar-refractivity contribution >= 4 is 11.8 Å². The van der Waals surface area contributed by atoms with E-state index in [4.69, 9.17) is 0 Å². The fourth-order valence-electron chi connectivity index (χ4n) is 2.11. The van der Waals surface area contributed by atoms with E-state index in [0.717, 1.165) is 16.4 Å². The van der Waals surface area contributed by atoms with Crippen LogP contribution in [0.5, 0.6) is 0 Å². The van der Waals surface area contributed by atoms with Crippen LogP contribution < -0.4 is 0 Å². The molecule has 0 amide bonds. The molecular formula is C8H14S. The van der Waals surface area contributed by atoms with Crippen molar-refractivity contribution < 1.29 is 0 Å². The van der Waals surface area contributed by atoms with Crippen LogP contribution in [0, 0.1) is 5.92 Å². The molecule has 9 heavy (non-hydrogen) atoms. The smallest absolute Gasteiger partial charge is 0.00500 e. The van der Waals surface area contributed by atoms with Gasteiger partial charge in [-0.1, -0.05) is 6.92 Å². The zero-order valence-electron chi connectivity index (χ0n) is 5.97. The van der Waals surface area contributed by atoms with Crippen molar-refractivity contribution in [3.05, 3.63) is 0 Å². The van der Waals surface area contributed by atoms with Gasteiger partial charge in [-0.25, -0.2) is 0 Å². The van der Waals surface area contributed by atoms with Gasteiger partial charge in [-0.05, 0) is 31.6 Å². The molecule has 1 aliphatic carbocycles. The van der Waals surface area contributed by atoms with Gasteiger partial charge in [0.25, 0.3) is 0 Å². The maximum Gasteiger partial charge on any atom is 0.00500 e. The summed E-state index contributed by atoms with van der Waals surface area (Å²) < 4.78 is 0. The summed E-state index contributed by atoms with van der Waals surface area (Å²) in [6.07, 6.45) is 6.08. The van der Waals surface area contributed by atoms with E-state index in [1.807, 2.05) is 0 Å². The van der Waals surface area contributed by atoms with E-state index in [1.54, 1.807) is 0 Å². The first-order valence-corrected chi connectivity index (χ1v) is 4.96. The highest BCUT2D eigenvalue weighted by Gasteiger charge is 2.33. The summed E-state index contributed by atoms with van der Waals surface area (Å²) in [7, 11) is 0. The summed E-state index contributed by atoms with van der Waals surface area (Å²) in [6, 6.07) is 0. The van der Waals surface area contributed by atoms with Gasteiger partial charge in [-0.3, -0.25) is 0 Å². The van der Waals surface area contributed by atoms with E-state index in [2.05, 4.69) is 18.7 Å². The highest BCUT2D eigenvalue weighted by atomic mass is 32.2. The molecule has 2 heterocycles. The molecule has 0 N–H and O–H groups in total. The average Bonchev–Trinajstić information content (AvgIpc) is 1.90. The summed E-state index contributed by atoms with van der Waals surface area (Å²) in [5.74, 6) is 1.08. The topological polar surface area (TPSA) is 0 Å². The van der Waals surface area contributed by atoms with Crippen molar-refractivity contribution in [2.24, 2.45) is 5.92 Å². The number of rotatable bonds is 0. The zero-order chi connectivity index (χ0) is 6.27. The Hall–Kier alpha value is 0.350. The summed E-state index contributed by atoms with van der Waals surface area (Å²) in [6.45, 7) is 2.40. The maximum absolute atomic E-state index is 2.40. The standard InChI is InChI=1S/C8H14S/c1-6-7-2-4-8(9-6)5-3-7/h6-8H,2-5H2,1H3. The molecule has 2 aliphatic heterocycles. The molecule has 1 saturated carbocycles. The Kier molecular flexibility index (Phi) is 1.48. The maximum atomic E-state index is 2.40. The Morgan fingerprint density at radius 1 is 1.11 bits per heavy atom. The van der Waals surface area contributed by atoms with Gasteiger partial charge in [0.2, 0.25) is 0 Å². The molecular weight excluding hydrogens is 128 g/mol. The molecule has 1 unspecified atom stereocenters. The third-order valence-electron chi connectivity index (χ3n) is 2.79. The van der Waals surface area contributed by atoms with Gasteiger partial charge >= 0.3 is 0 Å². The Morgan fingerprint density at radius 2 is 1.78 bits per heavy atom. The van der Waals surface area contributed by atoms with Crippen LogP contribution in [0.3, 0.4) is 0 Å². The molecule has 0 radical (unpaired) electrons. The number of fused-ring (bicyclic) bond motifs is 3. The molecule has 2 saturated heterocycles. The molecule has 1 atom stereocenters. The lowest BCUT2D eigenvalue weighted by atomic mass is 9.86. The van der Waals surface area contributed by atoms with Crippen molar-refractivity contribution in [2.45, 2.75) is 43.1 Å². The summed E-state index contributed by atoms with van der Waals surface area (Å²) in [4.78, 5) is 0. The van der Waals surface area contributed by atoms with Crippen LogP contribution in [-0.2, 0) is 0 Å². The second-order valence-corrected chi connectivity index (χ2v) is 5.06. The van der Waals surface area contributed by atoms with Gasteiger partial charge < -0.3 is 0 Å². The molecule has 0 aromatic rings. The molecule has 3 rings (SSSR count). The lowest BCUT2D eigenvalue weighted by Gasteiger charge is -2.40. The minimum absolute atomic E-state index is 0.984. The Morgan fingerprint density at radius 3 is 2.00 bits per heavy atom. The van der Waals surface area contributed by atoms with Crippen LogP contribution in [0.25, 0.3) is 0 Å². The summed E-state index contributed by atoms with van der Waals surface area (Å²) in [5.41, 5.74) is 0. The summed E-state index contributed by atoms with van der Waals surface area (Å²) >= 11 is 2.24. The second-order valence-electron chi connectivity index (χ2n) is 3.38. The van der Waals surface area contributed by atoms with Crippen molar-refractivity contribution in [1.29, 1.82) is 0 Å². The highest BCUT2D eigenvalue weighted by Crippen LogP contribution is 2.45. The Bertz CT molecular complexity index is 103. The van der Waals surface area contributed by atoms with Gasteiger partial charge in [-0.15, -0.1) is 0 Å². The molecule has 3 fully saturated rings. The van der Waals surface area contributed by atoms with Crippen LogP contribution in [0.2, 0.25) is 0 Å². The number of hydrogen-bond acceptors (Lipinski definition) is 1. The van der Waals surface area contributed by atoms with E-state index >= 15 is 0 Å². The summed E-state index contributed by atoms with van der Waals surface area (Å²) in [5, 5.41) is 2.03. The van der Waals surface area contributed by atoms with E-state index < -0.39 is 0 Å². The van der Waals surface area contributed by atoms with Crippen molar-refractivity contribution in [2.75, 3.05) is 0 Å². The van der Waals surface area contributed by atoms with Crippen molar-refractivity contribution in [1.82, 2.24) is 0 Å². The largest absolute Gasteiger partial charge is 0.155 e. The molecule has 3 aliphatic rings. The highest BCUT2D eigenvalue weighted by molar-refractivity contribution is 8.00. The van der Waals surface area contributed by atoms with Crippen LogP contribution in [-0.4, -0.2) is 10.5 Å². The number of thioether (sulfide) groups is 1. The predicted molar refractivity (Wildman–Crippen MR) is 42.8 cm³/mol. The fourth-order valence-corrected chi connectivity index (χ4v) is 3.75. The predicted octanol–water partition coefficient (Wildman–Crippen LogP) is 2.68. The van der Waals surface area contributed by atoms with Crippen LogP contribution in [0.1, 0.15) is 32.6 Å². The molecule has 0 nitrogen and oxygen atoms in total. The number of hydrogen-bond donors (Lipinski definition) is 0.